The number of nitriles is 1. The molecular formula is C22H24FN3O3. The molecule has 1 amide bonds. The fourth-order valence-corrected chi connectivity index (χ4v) is 2.88. The molecule has 7 heteroatoms. The smallest absolute Gasteiger partial charge is 0.349 e. The molecule has 2 aromatic rings. The molecular weight excluding hydrogens is 373 g/mol. The van der Waals surface area contributed by atoms with Crippen molar-refractivity contribution in [1.29, 1.82) is 5.26 Å². The van der Waals surface area contributed by atoms with Gasteiger partial charge in [-0.3, -0.25) is 4.79 Å². The van der Waals surface area contributed by atoms with Crippen molar-refractivity contribution >= 4 is 23.6 Å². The summed E-state index contributed by atoms with van der Waals surface area (Å²) in [6.45, 7) is 6.25. The molecule has 29 heavy (non-hydrogen) atoms. The Morgan fingerprint density at radius 3 is 2.69 bits per heavy atom. The van der Waals surface area contributed by atoms with E-state index in [1.165, 1.54) is 24.3 Å². The second-order valence-corrected chi connectivity index (χ2v) is 6.61. The summed E-state index contributed by atoms with van der Waals surface area (Å²) in [4.78, 5) is 24.1. The summed E-state index contributed by atoms with van der Waals surface area (Å²) in [7, 11) is 0. The molecule has 152 valence electrons. The second kappa shape index (κ2) is 10.2. The summed E-state index contributed by atoms with van der Waals surface area (Å²) in [5.41, 5.74) is 2.53. The first-order valence-corrected chi connectivity index (χ1v) is 9.37. The number of anilines is 1. The molecule has 0 unspecified atom stereocenters. The number of aryl methyl sites for hydroxylation is 1. The summed E-state index contributed by atoms with van der Waals surface area (Å²) in [6.07, 6.45) is 3.55. The third-order valence-electron chi connectivity index (χ3n) is 4.47. The molecule has 0 saturated heterocycles. The van der Waals surface area contributed by atoms with Crippen LogP contribution in [0.25, 0.3) is 6.08 Å². The normalized spacial score (nSPS) is 11.1. The van der Waals surface area contributed by atoms with E-state index in [1.807, 2.05) is 26.0 Å². The third kappa shape index (κ3) is 5.79. The van der Waals surface area contributed by atoms with Crippen molar-refractivity contribution in [1.82, 2.24) is 4.57 Å². The second-order valence-electron chi connectivity index (χ2n) is 6.61. The van der Waals surface area contributed by atoms with Gasteiger partial charge in [-0.05, 0) is 50.1 Å². The van der Waals surface area contributed by atoms with Gasteiger partial charge in [-0.2, -0.15) is 5.26 Å². The topological polar surface area (TPSA) is 84.1 Å². The van der Waals surface area contributed by atoms with Crippen molar-refractivity contribution in [2.75, 3.05) is 11.9 Å². The summed E-state index contributed by atoms with van der Waals surface area (Å²) < 4.78 is 20.6. The van der Waals surface area contributed by atoms with Crippen LogP contribution < -0.4 is 5.32 Å². The number of amides is 1. The maximum Gasteiger partial charge on any atom is 0.349 e. The van der Waals surface area contributed by atoms with Gasteiger partial charge in [0.15, 0.2) is 6.61 Å². The van der Waals surface area contributed by atoms with Crippen molar-refractivity contribution in [2.45, 2.75) is 40.2 Å². The molecule has 0 atom stereocenters. The molecule has 1 N–H and O–H groups in total. The number of halogens is 1. The van der Waals surface area contributed by atoms with Gasteiger partial charge < -0.3 is 14.6 Å². The molecule has 2 rings (SSSR count). The lowest BCUT2D eigenvalue weighted by atomic mass is 10.1. The van der Waals surface area contributed by atoms with Crippen LogP contribution in [0.15, 0.2) is 35.9 Å². The molecule has 1 heterocycles. The molecule has 0 aliphatic rings. The van der Waals surface area contributed by atoms with Crippen molar-refractivity contribution < 1.29 is 18.7 Å². The number of esters is 1. The van der Waals surface area contributed by atoms with Crippen LogP contribution in [0.1, 0.15) is 36.7 Å². The molecule has 6 nitrogen and oxygen atoms in total. The van der Waals surface area contributed by atoms with Gasteiger partial charge in [0, 0.05) is 17.9 Å². The lowest BCUT2D eigenvalue weighted by molar-refractivity contribution is -0.142. The number of carbonyl (C=O) groups is 2. The van der Waals surface area contributed by atoms with E-state index in [9.17, 15) is 19.2 Å². The number of hydrogen-bond donors (Lipinski definition) is 1. The zero-order valence-electron chi connectivity index (χ0n) is 16.8. The highest BCUT2D eigenvalue weighted by Crippen LogP contribution is 2.19. The average molecular weight is 397 g/mol. The Kier molecular flexibility index (Phi) is 7.72. The van der Waals surface area contributed by atoms with Crippen molar-refractivity contribution in [3.63, 3.8) is 0 Å². The van der Waals surface area contributed by atoms with Gasteiger partial charge in [0.05, 0.1) is 5.69 Å². The van der Waals surface area contributed by atoms with Crippen LogP contribution in [0.4, 0.5) is 10.1 Å². The van der Waals surface area contributed by atoms with Crippen LogP contribution in [0.2, 0.25) is 0 Å². The lowest BCUT2D eigenvalue weighted by Crippen LogP contribution is -2.21. The van der Waals surface area contributed by atoms with Gasteiger partial charge >= 0.3 is 5.97 Å². The maximum absolute atomic E-state index is 13.5. The first-order chi connectivity index (χ1) is 13.9. The van der Waals surface area contributed by atoms with E-state index in [0.717, 1.165) is 36.3 Å². The summed E-state index contributed by atoms with van der Waals surface area (Å²) in [6, 6.07) is 9.38. The van der Waals surface area contributed by atoms with Crippen LogP contribution in [0.3, 0.4) is 0 Å². The van der Waals surface area contributed by atoms with Gasteiger partial charge in [0.2, 0.25) is 0 Å². The van der Waals surface area contributed by atoms with Crippen LogP contribution in [-0.4, -0.2) is 23.1 Å². The monoisotopic (exact) mass is 397 g/mol. The minimum atomic E-state index is -0.908. The highest BCUT2D eigenvalue weighted by atomic mass is 19.1. The van der Waals surface area contributed by atoms with Gasteiger partial charge in [-0.15, -0.1) is 0 Å². The summed E-state index contributed by atoms with van der Waals surface area (Å²) in [5, 5.41) is 11.6. The standard InChI is InChI=1S/C22H24FN3O3/c1-4-5-10-26-15(2)11-17(16(26)3)12-18(13-24)22(28)29-14-21(27)25-20-9-7-6-8-19(20)23/h6-9,11-12H,4-5,10,14H2,1-3H3,(H,25,27)/b18-12+. The molecule has 0 aliphatic carbocycles. The van der Waals surface area contributed by atoms with E-state index in [2.05, 4.69) is 16.8 Å². The van der Waals surface area contributed by atoms with E-state index >= 15 is 0 Å². The quantitative estimate of drug-likeness (QED) is 0.412. The highest BCUT2D eigenvalue weighted by molar-refractivity contribution is 6.00. The van der Waals surface area contributed by atoms with Crippen molar-refractivity contribution in [3.05, 3.63) is 58.7 Å². The number of benzene rings is 1. The number of carbonyl (C=O) groups excluding carboxylic acids is 2. The number of rotatable bonds is 8. The van der Waals surface area contributed by atoms with E-state index in [4.69, 9.17) is 4.74 Å². The average Bonchev–Trinajstić information content (AvgIpc) is 2.97. The maximum atomic E-state index is 13.5. The highest BCUT2D eigenvalue weighted by Gasteiger charge is 2.16. The summed E-state index contributed by atoms with van der Waals surface area (Å²) >= 11 is 0. The van der Waals surface area contributed by atoms with Gasteiger partial charge in [0.1, 0.15) is 17.5 Å². The Labute approximate surface area is 169 Å². The van der Waals surface area contributed by atoms with E-state index in [-0.39, 0.29) is 11.3 Å². The number of unbranched alkanes of at least 4 members (excludes halogenated alkanes) is 1. The van der Waals surface area contributed by atoms with E-state index < -0.39 is 24.3 Å². The summed E-state index contributed by atoms with van der Waals surface area (Å²) in [5.74, 6) is -2.20. The van der Waals surface area contributed by atoms with Crippen LogP contribution in [-0.2, 0) is 20.9 Å². The Hall–Kier alpha value is -3.40. The first-order valence-electron chi connectivity index (χ1n) is 9.37. The Morgan fingerprint density at radius 2 is 2.03 bits per heavy atom. The lowest BCUT2D eigenvalue weighted by Gasteiger charge is -2.08. The minimum absolute atomic E-state index is 0.0101. The third-order valence-corrected chi connectivity index (χ3v) is 4.47. The zero-order valence-corrected chi connectivity index (χ0v) is 16.8. The predicted octanol–water partition coefficient (Wildman–Crippen LogP) is 4.13. The molecule has 0 fully saturated rings. The Bertz CT molecular complexity index is 970. The van der Waals surface area contributed by atoms with Crippen LogP contribution in [0, 0.1) is 31.0 Å². The molecule has 0 aliphatic heterocycles. The fourth-order valence-electron chi connectivity index (χ4n) is 2.88. The fraction of sp³-hybridized carbons (Fsp3) is 0.318. The van der Waals surface area contributed by atoms with E-state index in [0.29, 0.717) is 0 Å². The van der Waals surface area contributed by atoms with Crippen molar-refractivity contribution in [3.8, 4) is 6.07 Å². The Balaban J connectivity index is 2.04. The number of nitrogens with zero attached hydrogens (tertiary/aromatic N) is 2. The zero-order chi connectivity index (χ0) is 21.4. The van der Waals surface area contributed by atoms with Gasteiger partial charge in [-0.1, -0.05) is 25.5 Å². The number of para-hydroxylation sites is 1. The molecule has 1 aromatic heterocycles. The number of aromatic nitrogens is 1. The van der Waals surface area contributed by atoms with Crippen LogP contribution in [0.5, 0.6) is 0 Å². The molecule has 0 saturated carbocycles. The Morgan fingerprint density at radius 1 is 1.31 bits per heavy atom. The number of ether oxygens (including phenoxy) is 1. The molecule has 0 radical (unpaired) electrons. The molecule has 0 spiro atoms. The van der Waals surface area contributed by atoms with Gasteiger partial charge in [-0.25, -0.2) is 9.18 Å². The van der Waals surface area contributed by atoms with Crippen LogP contribution >= 0.6 is 0 Å². The first kappa shape index (κ1) is 21.9. The molecule has 1 aromatic carbocycles. The number of nitrogens with one attached hydrogen (secondary N) is 1. The minimum Gasteiger partial charge on any atom is -0.451 e. The van der Waals surface area contributed by atoms with E-state index in [1.54, 1.807) is 6.07 Å². The predicted molar refractivity (Wildman–Crippen MR) is 108 cm³/mol. The SMILES string of the molecule is CCCCn1c(C)cc(/C=C(\C#N)C(=O)OCC(=O)Nc2ccccc2F)c1C. The van der Waals surface area contributed by atoms with Crippen molar-refractivity contribution in [2.24, 2.45) is 0 Å². The number of hydrogen-bond acceptors (Lipinski definition) is 4. The largest absolute Gasteiger partial charge is 0.451 e. The molecule has 0 bridgehead atoms. The van der Waals surface area contributed by atoms with Gasteiger partial charge in [0.25, 0.3) is 5.91 Å².